The first-order valence-corrected chi connectivity index (χ1v) is 12.9. The fourth-order valence-electron chi connectivity index (χ4n) is 4.40. The molecule has 176 valence electrons. The summed E-state index contributed by atoms with van der Waals surface area (Å²) < 4.78 is 41.7. The number of anilines is 1. The van der Waals surface area contributed by atoms with Crippen molar-refractivity contribution >= 4 is 37.4 Å². The summed E-state index contributed by atoms with van der Waals surface area (Å²) in [5.74, 6) is -0.203. The van der Waals surface area contributed by atoms with Crippen LogP contribution in [0.15, 0.2) is 93.6 Å². The highest BCUT2D eigenvalue weighted by atomic mass is 79.9. The van der Waals surface area contributed by atoms with E-state index in [2.05, 4.69) is 22.0 Å². The van der Waals surface area contributed by atoms with Gasteiger partial charge in [-0.05, 0) is 47.5 Å². The first-order chi connectivity index (χ1) is 16.8. The van der Waals surface area contributed by atoms with Crippen LogP contribution in [0.1, 0.15) is 22.6 Å². The van der Waals surface area contributed by atoms with Crippen molar-refractivity contribution in [3.63, 3.8) is 0 Å². The summed E-state index contributed by atoms with van der Waals surface area (Å²) in [6, 6.07) is 23.6. The van der Waals surface area contributed by atoms with E-state index in [9.17, 15) is 13.7 Å². The van der Waals surface area contributed by atoms with Crippen LogP contribution in [0.5, 0.6) is 5.75 Å². The molecule has 3 aromatic carbocycles. The second-order valence-electron chi connectivity index (χ2n) is 8.05. The summed E-state index contributed by atoms with van der Waals surface area (Å²) in [6.07, 6.45) is 0. The Labute approximate surface area is 211 Å². The molecule has 0 radical (unpaired) electrons. The molecule has 3 aromatic rings. The fraction of sp³-hybridized carbons (Fsp3) is 0.115. The van der Waals surface area contributed by atoms with E-state index >= 15 is 0 Å². The number of benzene rings is 3. The predicted octanol–water partition coefficient (Wildman–Crippen LogP) is 4.98. The molecule has 0 unspecified atom stereocenters. The van der Waals surface area contributed by atoms with Crippen LogP contribution in [-0.4, -0.2) is 15.5 Å². The highest BCUT2D eigenvalue weighted by Crippen LogP contribution is 2.51. The van der Waals surface area contributed by atoms with Crippen LogP contribution in [0.3, 0.4) is 0 Å². The predicted molar refractivity (Wildman–Crippen MR) is 136 cm³/mol. The summed E-state index contributed by atoms with van der Waals surface area (Å²) in [4.78, 5) is -0.00596. The van der Waals surface area contributed by atoms with Gasteiger partial charge >= 0.3 is 0 Å². The Kier molecular flexibility index (Phi) is 5.79. The SMILES string of the molecule is COc1ccc(CN2c3ccccc3C3=C([C@@H](c4cccc(Br)c4)C(C#N)=C(N)O3)S2(=O)=O)cc1. The van der Waals surface area contributed by atoms with Crippen molar-refractivity contribution in [3.8, 4) is 11.8 Å². The van der Waals surface area contributed by atoms with Gasteiger partial charge in [-0.2, -0.15) is 5.26 Å². The van der Waals surface area contributed by atoms with Crippen LogP contribution < -0.4 is 14.8 Å². The molecule has 0 amide bonds. The largest absolute Gasteiger partial charge is 0.497 e. The number of para-hydroxylation sites is 1. The lowest BCUT2D eigenvalue weighted by Gasteiger charge is -2.38. The molecule has 0 fully saturated rings. The molecule has 5 rings (SSSR count). The molecule has 1 atom stereocenters. The number of nitriles is 1. The Morgan fingerprint density at radius 2 is 1.86 bits per heavy atom. The average Bonchev–Trinajstić information content (AvgIpc) is 2.86. The summed E-state index contributed by atoms with van der Waals surface area (Å²) in [6.45, 7) is 0.0897. The number of sulfonamides is 1. The number of nitrogens with two attached hydrogens (primary N) is 1. The monoisotopic (exact) mass is 549 g/mol. The maximum atomic E-state index is 14.3. The molecule has 2 N–H and O–H groups in total. The van der Waals surface area contributed by atoms with E-state index in [1.54, 1.807) is 55.6 Å². The maximum absolute atomic E-state index is 14.3. The number of hydrogen-bond donors (Lipinski definition) is 1. The van der Waals surface area contributed by atoms with Crippen LogP contribution in [-0.2, 0) is 21.3 Å². The molecule has 9 heteroatoms. The van der Waals surface area contributed by atoms with E-state index in [1.807, 2.05) is 24.3 Å². The summed E-state index contributed by atoms with van der Waals surface area (Å²) in [5, 5.41) is 9.95. The lowest BCUT2D eigenvalue weighted by Crippen LogP contribution is -2.39. The van der Waals surface area contributed by atoms with E-state index in [0.29, 0.717) is 22.6 Å². The fourth-order valence-corrected chi connectivity index (χ4v) is 6.72. The minimum atomic E-state index is -4.13. The first-order valence-electron chi connectivity index (χ1n) is 10.7. The number of allylic oxidation sites excluding steroid dienone is 2. The van der Waals surface area contributed by atoms with Gasteiger partial charge in [0.25, 0.3) is 10.0 Å². The second kappa shape index (κ2) is 8.80. The smallest absolute Gasteiger partial charge is 0.265 e. The van der Waals surface area contributed by atoms with Gasteiger partial charge in [0.2, 0.25) is 5.88 Å². The summed E-state index contributed by atoms with van der Waals surface area (Å²) in [7, 11) is -2.55. The van der Waals surface area contributed by atoms with E-state index in [-0.39, 0.29) is 28.7 Å². The molecule has 2 aliphatic rings. The normalized spacial score (nSPS) is 18.3. The van der Waals surface area contributed by atoms with Gasteiger partial charge in [0.05, 0.1) is 25.3 Å². The Balaban J connectivity index is 1.73. The second-order valence-corrected chi connectivity index (χ2v) is 10.8. The van der Waals surface area contributed by atoms with Gasteiger partial charge in [-0.15, -0.1) is 0 Å². The van der Waals surface area contributed by atoms with Crippen molar-refractivity contribution in [2.75, 3.05) is 11.4 Å². The minimum Gasteiger partial charge on any atom is -0.497 e. The molecule has 2 heterocycles. The molecule has 0 spiro atoms. The molecule has 0 saturated heterocycles. The van der Waals surface area contributed by atoms with E-state index in [4.69, 9.17) is 15.2 Å². The van der Waals surface area contributed by atoms with Gasteiger partial charge in [-0.3, -0.25) is 4.31 Å². The van der Waals surface area contributed by atoms with E-state index in [0.717, 1.165) is 10.0 Å². The summed E-state index contributed by atoms with van der Waals surface area (Å²) >= 11 is 3.45. The van der Waals surface area contributed by atoms with E-state index < -0.39 is 15.9 Å². The number of ether oxygens (including phenoxy) is 2. The molecule has 7 nitrogen and oxygen atoms in total. The van der Waals surface area contributed by atoms with Gasteiger partial charge in [0.1, 0.15) is 22.3 Å². The lowest BCUT2D eigenvalue weighted by atomic mass is 9.88. The molecule has 35 heavy (non-hydrogen) atoms. The topological polar surface area (TPSA) is 106 Å². The molecule has 0 aromatic heterocycles. The molecule has 0 aliphatic carbocycles. The van der Waals surface area contributed by atoms with E-state index in [1.165, 1.54) is 4.31 Å². The van der Waals surface area contributed by atoms with Gasteiger partial charge in [-0.1, -0.05) is 52.3 Å². The van der Waals surface area contributed by atoms with Crippen molar-refractivity contribution in [1.29, 1.82) is 5.26 Å². The Morgan fingerprint density at radius 1 is 1.11 bits per heavy atom. The molecule has 2 aliphatic heterocycles. The van der Waals surface area contributed by atoms with Gasteiger partial charge in [0, 0.05) is 10.0 Å². The zero-order valence-corrected chi connectivity index (χ0v) is 21.0. The van der Waals surface area contributed by atoms with Crippen LogP contribution in [0.4, 0.5) is 5.69 Å². The van der Waals surface area contributed by atoms with Crippen molar-refractivity contribution in [1.82, 2.24) is 0 Å². The summed E-state index contributed by atoms with van der Waals surface area (Å²) in [5.41, 5.74) is 8.67. The molecule has 0 bridgehead atoms. The standard InChI is InChI=1S/C26H20BrN3O4S/c1-33-19-11-9-16(10-12-19)15-30-22-8-3-2-7-20(22)24-25(35(30,31)32)23(21(14-28)26(29)34-24)17-5-4-6-18(27)13-17/h2-13,23H,15,29H2,1H3/t23-/m0/s1. The minimum absolute atomic E-state index is 0.00596. The van der Waals surface area contributed by atoms with Crippen molar-refractivity contribution in [2.24, 2.45) is 5.73 Å². The third kappa shape index (κ3) is 3.85. The average molecular weight is 550 g/mol. The van der Waals surface area contributed by atoms with Crippen LogP contribution >= 0.6 is 15.9 Å². The zero-order valence-electron chi connectivity index (χ0n) is 18.6. The molecular formula is C26H20BrN3O4S. The molecular weight excluding hydrogens is 530 g/mol. The number of hydrogen-bond acceptors (Lipinski definition) is 6. The first kappa shape index (κ1) is 23.0. The number of nitrogens with zero attached hydrogens (tertiary/aromatic N) is 2. The highest BCUT2D eigenvalue weighted by molar-refractivity contribution is 9.10. The van der Waals surface area contributed by atoms with Crippen molar-refractivity contribution in [3.05, 3.63) is 110 Å². The third-order valence-corrected chi connectivity index (χ3v) is 8.40. The number of halogens is 1. The number of rotatable bonds is 4. The Bertz CT molecular complexity index is 1540. The quantitative estimate of drug-likeness (QED) is 0.491. The van der Waals surface area contributed by atoms with Crippen LogP contribution in [0.2, 0.25) is 0 Å². The Hall–Kier alpha value is -3.74. The van der Waals surface area contributed by atoms with Crippen LogP contribution in [0.25, 0.3) is 5.76 Å². The zero-order chi connectivity index (χ0) is 24.7. The van der Waals surface area contributed by atoms with Crippen molar-refractivity contribution in [2.45, 2.75) is 12.5 Å². The number of methoxy groups -OCH3 is 1. The third-order valence-electron chi connectivity index (χ3n) is 6.03. The highest BCUT2D eigenvalue weighted by Gasteiger charge is 2.47. The van der Waals surface area contributed by atoms with Gasteiger partial charge in [-0.25, -0.2) is 8.42 Å². The van der Waals surface area contributed by atoms with Crippen molar-refractivity contribution < 1.29 is 17.9 Å². The maximum Gasteiger partial charge on any atom is 0.265 e. The lowest BCUT2D eigenvalue weighted by molar-refractivity contribution is 0.357. The van der Waals surface area contributed by atoms with Gasteiger partial charge in [0.15, 0.2) is 5.76 Å². The van der Waals surface area contributed by atoms with Crippen LogP contribution in [0, 0.1) is 11.3 Å². The van der Waals surface area contributed by atoms with Gasteiger partial charge < -0.3 is 15.2 Å². The number of fused-ring (bicyclic) bond motifs is 2. The molecule has 0 saturated carbocycles. The Morgan fingerprint density at radius 3 is 2.54 bits per heavy atom.